The molecule has 0 fully saturated rings. The number of phenols is 1. The predicted molar refractivity (Wildman–Crippen MR) is 120 cm³/mol. The molecule has 0 radical (unpaired) electrons. The molecular formula is C23H19Cl2NO3. The second-order valence-corrected chi connectivity index (χ2v) is 7.48. The summed E-state index contributed by atoms with van der Waals surface area (Å²) in [5.41, 5.74) is 4.22. The molecule has 29 heavy (non-hydrogen) atoms. The Kier molecular flexibility index (Phi) is 5.65. The van der Waals surface area contributed by atoms with E-state index in [1.165, 1.54) is 12.1 Å². The van der Waals surface area contributed by atoms with Crippen molar-refractivity contribution in [2.45, 2.75) is 0 Å². The number of nitrogens with zero attached hydrogens (tertiary/aromatic N) is 1. The first kappa shape index (κ1) is 19.6. The molecule has 0 atom stereocenters. The van der Waals surface area contributed by atoms with Crippen molar-refractivity contribution in [1.82, 2.24) is 0 Å². The summed E-state index contributed by atoms with van der Waals surface area (Å²) in [6.07, 6.45) is 0. The van der Waals surface area contributed by atoms with Gasteiger partial charge in [0, 0.05) is 59.2 Å². The number of phenolic OH excluding ortho intramolecular Hbond substituents is 1. The number of anilines is 1. The number of rotatable bonds is 6. The van der Waals surface area contributed by atoms with Crippen LogP contribution in [0.25, 0.3) is 33.4 Å². The molecule has 1 heterocycles. The smallest absolute Gasteiger partial charge is 0.182 e. The van der Waals surface area contributed by atoms with Gasteiger partial charge in [0.1, 0.15) is 17.1 Å². The highest BCUT2D eigenvalue weighted by Gasteiger charge is 2.18. The molecule has 148 valence electrons. The minimum absolute atomic E-state index is 0.109. The van der Waals surface area contributed by atoms with Gasteiger partial charge in [-0.2, -0.15) is 0 Å². The third kappa shape index (κ3) is 3.91. The molecule has 0 saturated carbocycles. The fourth-order valence-electron chi connectivity index (χ4n) is 3.58. The highest BCUT2D eigenvalue weighted by atomic mass is 35.5. The third-order valence-electron chi connectivity index (χ3n) is 4.91. The van der Waals surface area contributed by atoms with Gasteiger partial charge in [-0.1, -0.05) is 12.1 Å². The van der Waals surface area contributed by atoms with Crippen LogP contribution in [0.4, 0.5) is 5.69 Å². The van der Waals surface area contributed by atoms with Gasteiger partial charge >= 0.3 is 0 Å². The Morgan fingerprint density at radius 1 is 0.897 bits per heavy atom. The van der Waals surface area contributed by atoms with Crippen LogP contribution >= 0.6 is 23.2 Å². The van der Waals surface area contributed by atoms with E-state index < -0.39 is 0 Å². The minimum atomic E-state index is -0.125. The first-order valence-electron chi connectivity index (χ1n) is 9.27. The van der Waals surface area contributed by atoms with E-state index in [2.05, 4.69) is 4.90 Å². The molecule has 4 nitrogen and oxygen atoms in total. The first-order valence-corrected chi connectivity index (χ1v) is 10.3. The maximum atomic E-state index is 11.8. The predicted octanol–water partition coefficient (Wildman–Crippen LogP) is 5.55. The summed E-state index contributed by atoms with van der Waals surface area (Å²) in [5.74, 6) is 1.64. The summed E-state index contributed by atoms with van der Waals surface area (Å²) in [4.78, 5) is 14.0. The van der Waals surface area contributed by atoms with Crippen molar-refractivity contribution in [3.8, 4) is 28.2 Å². The van der Waals surface area contributed by atoms with E-state index in [0.717, 1.165) is 40.9 Å². The van der Waals surface area contributed by atoms with Gasteiger partial charge in [0.25, 0.3) is 0 Å². The van der Waals surface area contributed by atoms with Gasteiger partial charge < -0.3 is 14.4 Å². The van der Waals surface area contributed by atoms with Gasteiger partial charge in [-0.05, 0) is 42.0 Å². The van der Waals surface area contributed by atoms with Crippen LogP contribution in [0, 0.1) is 0 Å². The average molecular weight is 428 g/mol. The molecule has 0 spiro atoms. The topological polar surface area (TPSA) is 53.7 Å². The van der Waals surface area contributed by atoms with E-state index in [1.807, 2.05) is 30.3 Å². The quantitative estimate of drug-likeness (QED) is 0.323. The Morgan fingerprint density at radius 2 is 1.62 bits per heavy atom. The number of alkyl halides is 2. The summed E-state index contributed by atoms with van der Waals surface area (Å²) in [5, 5.41) is 10.7. The molecule has 1 N–H and O–H groups in total. The molecular weight excluding hydrogens is 409 g/mol. The second-order valence-electron chi connectivity index (χ2n) is 6.73. The lowest BCUT2D eigenvalue weighted by atomic mass is 9.93. The number of hydrogen-bond acceptors (Lipinski definition) is 4. The van der Waals surface area contributed by atoms with Crippen molar-refractivity contribution < 1.29 is 9.52 Å². The fraction of sp³-hybridized carbons (Fsp3) is 0.174. The second kappa shape index (κ2) is 8.36. The molecule has 0 amide bonds. The van der Waals surface area contributed by atoms with Crippen LogP contribution in [0.2, 0.25) is 0 Å². The maximum Gasteiger partial charge on any atom is 0.182 e. The monoisotopic (exact) mass is 427 g/mol. The number of aromatic hydroxyl groups is 1. The van der Waals surface area contributed by atoms with Crippen LogP contribution in [0.5, 0.6) is 5.75 Å². The van der Waals surface area contributed by atoms with Gasteiger partial charge in [-0.15, -0.1) is 23.2 Å². The number of hydrogen-bond donors (Lipinski definition) is 1. The largest absolute Gasteiger partial charge is 0.508 e. The Balaban J connectivity index is 1.89. The van der Waals surface area contributed by atoms with E-state index >= 15 is 0 Å². The van der Waals surface area contributed by atoms with Gasteiger partial charge in [0.2, 0.25) is 0 Å². The summed E-state index contributed by atoms with van der Waals surface area (Å²) in [6, 6.07) is 18.0. The van der Waals surface area contributed by atoms with E-state index in [4.69, 9.17) is 27.6 Å². The van der Waals surface area contributed by atoms with Crippen molar-refractivity contribution in [1.29, 1.82) is 0 Å². The molecule has 2 aliphatic rings. The van der Waals surface area contributed by atoms with Gasteiger partial charge in [-0.25, -0.2) is 0 Å². The lowest BCUT2D eigenvalue weighted by molar-refractivity contribution is 0.474. The molecule has 2 aromatic rings. The minimum Gasteiger partial charge on any atom is -0.508 e. The average Bonchev–Trinajstić information content (AvgIpc) is 2.72. The SMILES string of the molecule is O=c1ccc2c(-c3ccc(N(CCCl)CCCl)cc3)c3ccc(O)cc3oc-2c1. The standard InChI is InChI=1S/C23H19Cl2NO3/c24-9-11-26(12-10-25)16-3-1-15(2-4-16)23-19-7-5-17(27)13-21(19)29-22-14-18(28)6-8-20(22)23/h1-8,13-14,27H,9-12H2. The van der Waals surface area contributed by atoms with Crippen molar-refractivity contribution in [3.63, 3.8) is 0 Å². The van der Waals surface area contributed by atoms with E-state index in [9.17, 15) is 9.90 Å². The summed E-state index contributed by atoms with van der Waals surface area (Å²) >= 11 is 11.8. The third-order valence-corrected chi connectivity index (χ3v) is 5.24. The Bertz CT molecular complexity index is 1170. The first-order chi connectivity index (χ1) is 14.1. The summed E-state index contributed by atoms with van der Waals surface area (Å²) in [7, 11) is 0. The van der Waals surface area contributed by atoms with Crippen LogP contribution in [-0.2, 0) is 0 Å². The summed E-state index contributed by atoms with van der Waals surface area (Å²) < 4.78 is 5.90. The van der Waals surface area contributed by atoms with Crippen LogP contribution in [0.15, 0.2) is 69.9 Å². The van der Waals surface area contributed by atoms with Crippen molar-refractivity contribution in [3.05, 3.63) is 70.9 Å². The zero-order valence-corrected chi connectivity index (χ0v) is 17.1. The Labute approximate surface area is 178 Å². The van der Waals surface area contributed by atoms with Crippen LogP contribution in [0.1, 0.15) is 0 Å². The molecule has 0 aromatic heterocycles. The summed E-state index contributed by atoms with van der Waals surface area (Å²) in [6.45, 7) is 1.44. The molecule has 6 heteroatoms. The van der Waals surface area contributed by atoms with E-state index in [-0.39, 0.29) is 11.2 Å². The number of fused-ring (bicyclic) bond motifs is 2. The van der Waals surface area contributed by atoms with E-state index in [1.54, 1.807) is 18.2 Å². The molecule has 0 saturated heterocycles. The molecule has 1 aliphatic carbocycles. The highest BCUT2D eigenvalue weighted by molar-refractivity contribution is 6.18. The maximum absolute atomic E-state index is 11.8. The van der Waals surface area contributed by atoms with Crippen molar-refractivity contribution >= 4 is 39.9 Å². The molecule has 0 bridgehead atoms. The van der Waals surface area contributed by atoms with Gasteiger partial charge in [0.15, 0.2) is 5.43 Å². The van der Waals surface area contributed by atoms with Crippen LogP contribution in [0.3, 0.4) is 0 Å². The lowest BCUT2D eigenvalue weighted by Crippen LogP contribution is -2.27. The zero-order valence-electron chi connectivity index (χ0n) is 15.6. The van der Waals surface area contributed by atoms with Crippen molar-refractivity contribution in [2.75, 3.05) is 29.7 Å². The van der Waals surface area contributed by atoms with Crippen molar-refractivity contribution in [2.24, 2.45) is 0 Å². The molecule has 1 aliphatic heterocycles. The van der Waals surface area contributed by atoms with E-state index in [0.29, 0.717) is 23.1 Å². The van der Waals surface area contributed by atoms with Crippen LogP contribution in [-0.4, -0.2) is 30.0 Å². The number of halogens is 2. The zero-order chi connectivity index (χ0) is 20.4. The Morgan fingerprint density at radius 3 is 2.31 bits per heavy atom. The molecule has 2 aromatic carbocycles. The molecule has 4 rings (SSSR count). The van der Waals surface area contributed by atoms with Gasteiger partial charge in [0.05, 0.1) is 0 Å². The highest BCUT2D eigenvalue weighted by Crippen LogP contribution is 2.40. The lowest BCUT2D eigenvalue weighted by Gasteiger charge is -2.23. The normalized spacial score (nSPS) is 11.2. The van der Waals surface area contributed by atoms with Crippen LogP contribution < -0.4 is 10.3 Å². The fourth-order valence-corrected chi connectivity index (χ4v) is 3.99. The van der Waals surface area contributed by atoms with Gasteiger partial charge in [-0.3, -0.25) is 4.79 Å². The molecule has 0 unspecified atom stereocenters. The Hall–Kier alpha value is -2.69. The number of benzene rings is 3.